The summed E-state index contributed by atoms with van der Waals surface area (Å²) in [6.45, 7) is 0.617. The maximum atomic E-state index is 9.02. The highest BCUT2D eigenvalue weighted by Gasteiger charge is 2.16. The summed E-state index contributed by atoms with van der Waals surface area (Å²) in [7, 11) is 0. The van der Waals surface area contributed by atoms with Crippen LogP contribution in [0.1, 0.15) is 43.2 Å². The third kappa shape index (κ3) is 3.47. The number of aryl methyl sites for hydroxylation is 1. The van der Waals surface area contributed by atoms with E-state index >= 15 is 0 Å². The van der Waals surface area contributed by atoms with Gasteiger partial charge in [0.25, 0.3) is 0 Å². The van der Waals surface area contributed by atoms with E-state index in [0.717, 1.165) is 49.1 Å². The first-order valence-corrected chi connectivity index (χ1v) is 6.69. The molecule has 0 saturated heterocycles. The second-order valence-corrected chi connectivity index (χ2v) is 4.68. The molecule has 0 atom stereocenters. The minimum atomic E-state index is 0.578. The molecule has 19 heavy (non-hydrogen) atoms. The van der Waals surface area contributed by atoms with Crippen molar-refractivity contribution in [1.82, 2.24) is 0 Å². The highest BCUT2D eigenvalue weighted by atomic mass is 16.5. The zero-order chi connectivity index (χ0) is 13.5. The van der Waals surface area contributed by atoms with Crippen LogP contribution in [0, 0.1) is 11.3 Å². The summed E-state index contributed by atoms with van der Waals surface area (Å²) < 4.78 is 5.67. The van der Waals surface area contributed by atoms with Gasteiger partial charge in [0.1, 0.15) is 5.75 Å². The molecule has 100 valence electrons. The molecule has 4 nitrogen and oxygen atoms in total. The Morgan fingerprint density at radius 1 is 1.32 bits per heavy atom. The maximum absolute atomic E-state index is 9.02. The third-order valence-corrected chi connectivity index (χ3v) is 3.32. The molecule has 2 rings (SSSR count). The molecule has 0 amide bonds. The SMILES string of the molecule is N#CCCCCOc1ccc2c(c1)/C(=N\O)CCC2. The summed E-state index contributed by atoms with van der Waals surface area (Å²) >= 11 is 0. The lowest BCUT2D eigenvalue weighted by Gasteiger charge is -2.17. The lowest BCUT2D eigenvalue weighted by molar-refractivity contribution is 0.307. The van der Waals surface area contributed by atoms with Gasteiger partial charge in [-0.2, -0.15) is 5.26 Å². The lowest BCUT2D eigenvalue weighted by Crippen LogP contribution is -2.12. The molecule has 4 heteroatoms. The van der Waals surface area contributed by atoms with Crippen molar-refractivity contribution in [2.24, 2.45) is 5.16 Å². The van der Waals surface area contributed by atoms with E-state index in [4.69, 9.17) is 15.2 Å². The third-order valence-electron chi connectivity index (χ3n) is 3.32. The smallest absolute Gasteiger partial charge is 0.119 e. The van der Waals surface area contributed by atoms with Crippen LogP contribution < -0.4 is 4.74 Å². The first-order chi connectivity index (χ1) is 9.35. The molecule has 0 spiro atoms. The summed E-state index contributed by atoms with van der Waals surface area (Å²) in [5.74, 6) is 0.804. The van der Waals surface area contributed by atoms with Crippen LogP contribution in [0.3, 0.4) is 0 Å². The van der Waals surface area contributed by atoms with Gasteiger partial charge in [-0.3, -0.25) is 0 Å². The Balaban J connectivity index is 1.98. The Morgan fingerprint density at radius 2 is 2.21 bits per heavy atom. The summed E-state index contributed by atoms with van der Waals surface area (Å²) in [5, 5.41) is 20.8. The lowest BCUT2D eigenvalue weighted by atomic mass is 9.90. The minimum absolute atomic E-state index is 0.578. The van der Waals surface area contributed by atoms with Crippen molar-refractivity contribution >= 4 is 5.71 Å². The molecule has 0 heterocycles. The molecule has 1 aliphatic rings. The summed E-state index contributed by atoms with van der Waals surface area (Å²) in [4.78, 5) is 0. The number of unbranched alkanes of at least 4 members (excludes halogenated alkanes) is 2. The largest absolute Gasteiger partial charge is 0.494 e. The number of hydrogen-bond acceptors (Lipinski definition) is 4. The molecule has 0 unspecified atom stereocenters. The van der Waals surface area contributed by atoms with Crippen LogP contribution in [-0.4, -0.2) is 17.5 Å². The number of fused-ring (bicyclic) bond motifs is 1. The highest BCUT2D eigenvalue weighted by Crippen LogP contribution is 2.26. The van der Waals surface area contributed by atoms with Crippen molar-refractivity contribution in [1.29, 1.82) is 5.26 Å². The molecule has 0 aliphatic heterocycles. The van der Waals surface area contributed by atoms with E-state index < -0.39 is 0 Å². The van der Waals surface area contributed by atoms with Crippen LogP contribution in [0.25, 0.3) is 0 Å². The van der Waals surface area contributed by atoms with Crippen molar-refractivity contribution in [3.8, 4) is 11.8 Å². The molecule has 1 N–H and O–H groups in total. The zero-order valence-electron chi connectivity index (χ0n) is 10.9. The summed E-state index contributed by atoms with van der Waals surface area (Å²) in [6.07, 6.45) is 5.19. The highest BCUT2D eigenvalue weighted by molar-refractivity contribution is 6.02. The van der Waals surface area contributed by atoms with Gasteiger partial charge in [0.15, 0.2) is 0 Å². The second-order valence-electron chi connectivity index (χ2n) is 4.68. The van der Waals surface area contributed by atoms with E-state index in [1.54, 1.807) is 0 Å². The van der Waals surface area contributed by atoms with Crippen LogP contribution in [0.2, 0.25) is 0 Å². The van der Waals surface area contributed by atoms with E-state index in [0.29, 0.717) is 13.0 Å². The van der Waals surface area contributed by atoms with Crippen molar-refractivity contribution in [2.75, 3.05) is 6.61 Å². The van der Waals surface area contributed by atoms with E-state index in [2.05, 4.69) is 11.2 Å². The number of nitrogens with zero attached hydrogens (tertiary/aromatic N) is 2. The van der Waals surface area contributed by atoms with E-state index in [9.17, 15) is 0 Å². The van der Waals surface area contributed by atoms with Gasteiger partial charge in [0, 0.05) is 12.0 Å². The van der Waals surface area contributed by atoms with Gasteiger partial charge in [0.05, 0.1) is 18.4 Å². The van der Waals surface area contributed by atoms with Crippen LogP contribution in [-0.2, 0) is 6.42 Å². The Hall–Kier alpha value is -2.02. The molecular weight excluding hydrogens is 240 g/mol. The standard InChI is InChI=1S/C15H18N2O2/c16-9-2-1-3-10-19-13-8-7-12-5-4-6-15(17-18)14(12)11-13/h7-8,11,18H,1-6,10H2/b17-15-. The van der Waals surface area contributed by atoms with Crippen LogP contribution in [0.15, 0.2) is 23.4 Å². The van der Waals surface area contributed by atoms with Gasteiger partial charge in [-0.05, 0) is 49.8 Å². The van der Waals surface area contributed by atoms with Gasteiger partial charge >= 0.3 is 0 Å². The summed E-state index contributed by atoms with van der Waals surface area (Å²) in [6, 6.07) is 8.08. The topological polar surface area (TPSA) is 65.6 Å². The van der Waals surface area contributed by atoms with Crippen molar-refractivity contribution in [2.45, 2.75) is 38.5 Å². The number of rotatable bonds is 5. The van der Waals surface area contributed by atoms with Crippen LogP contribution in [0.5, 0.6) is 5.75 Å². The number of ether oxygens (including phenoxy) is 1. The fourth-order valence-corrected chi connectivity index (χ4v) is 2.31. The van der Waals surface area contributed by atoms with Crippen molar-refractivity contribution in [3.63, 3.8) is 0 Å². The van der Waals surface area contributed by atoms with Crippen LogP contribution in [0.4, 0.5) is 0 Å². The fraction of sp³-hybridized carbons (Fsp3) is 0.467. The molecule has 0 saturated carbocycles. The van der Waals surface area contributed by atoms with E-state index in [1.165, 1.54) is 5.56 Å². The Bertz CT molecular complexity index is 503. The Kier molecular flexibility index (Phi) is 4.79. The van der Waals surface area contributed by atoms with Gasteiger partial charge < -0.3 is 9.94 Å². The molecule has 1 aromatic rings. The molecule has 0 fully saturated rings. The Labute approximate surface area is 113 Å². The van der Waals surface area contributed by atoms with E-state index in [1.807, 2.05) is 18.2 Å². The predicted octanol–water partition coefficient (Wildman–Crippen LogP) is 3.27. The minimum Gasteiger partial charge on any atom is -0.494 e. The fourth-order valence-electron chi connectivity index (χ4n) is 2.31. The van der Waals surface area contributed by atoms with Gasteiger partial charge in [0.2, 0.25) is 0 Å². The monoisotopic (exact) mass is 258 g/mol. The molecule has 1 aliphatic carbocycles. The normalized spacial score (nSPS) is 15.8. The van der Waals surface area contributed by atoms with Gasteiger partial charge in [-0.1, -0.05) is 11.2 Å². The maximum Gasteiger partial charge on any atom is 0.119 e. The first kappa shape index (κ1) is 13.4. The molecule has 0 bridgehead atoms. The number of oxime groups is 1. The number of hydrogen-bond donors (Lipinski definition) is 1. The predicted molar refractivity (Wildman–Crippen MR) is 72.7 cm³/mol. The number of benzene rings is 1. The average molecular weight is 258 g/mol. The van der Waals surface area contributed by atoms with Crippen molar-refractivity contribution in [3.05, 3.63) is 29.3 Å². The molecular formula is C15H18N2O2. The summed E-state index contributed by atoms with van der Waals surface area (Å²) in [5.41, 5.74) is 2.97. The molecule has 0 aromatic heterocycles. The zero-order valence-corrected chi connectivity index (χ0v) is 10.9. The Morgan fingerprint density at radius 3 is 3.00 bits per heavy atom. The quantitative estimate of drug-likeness (QED) is 0.500. The molecule has 0 radical (unpaired) electrons. The second kappa shape index (κ2) is 6.79. The van der Waals surface area contributed by atoms with Crippen molar-refractivity contribution < 1.29 is 9.94 Å². The van der Waals surface area contributed by atoms with Gasteiger partial charge in [-0.15, -0.1) is 0 Å². The average Bonchev–Trinajstić information content (AvgIpc) is 2.46. The van der Waals surface area contributed by atoms with Crippen LogP contribution >= 0.6 is 0 Å². The van der Waals surface area contributed by atoms with Gasteiger partial charge in [-0.25, -0.2) is 0 Å². The van der Waals surface area contributed by atoms with E-state index in [-0.39, 0.29) is 0 Å². The first-order valence-electron chi connectivity index (χ1n) is 6.69. The molecule has 1 aromatic carbocycles. The number of nitriles is 1.